The van der Waals surface area contributed by atoms with Gasteiger partial charge in [0.15, 0.2) is 0 Å². The third-order valence-corrected chi connectivity index (χ3v) is 4.45. The summed E-state index contributed by atoms with van der Waals surface area (Å²) in [5, 5.41) is 5.53. The summed E-state index contributed by atoms with van der Waals surface area (Å²) < 4.78 is 13.2. The lowest BCUT2D eigenvalue weighted by atomic mass is 10.0. The summed E-state index contributed by atoms with van der Waals surface area (Å²) in [6, 6.07) is 4.75. The summed E-state index contributed by atoms with van der Waals surface area (Å²) in [4.78, 5) is 16.5. The Balaban J connectivity index is 1.68. The van der Waals surface area contributed by atoms with E-state index in [4.69, 9.17) is 0 Å². The normalized spacial score (nSPS) is 16.6. The van der Waals surface area contributed by atoms with Gasteiger partial charge in [0, 0.05) is 24.8 Å². The van der Waals surface area contributed by atoms with E-state index < -0.39 is 0 Å². The molecule has 128 valence electrons. The van der Waals surface area contributed by atoms with Crippen LogP contribution in [0.5, 0.6) is 0 Å². The molecule has 0 spiro atoms. The smallest absolute Gasteiger partial charge is 0.319 e. The Morgan fingerprint density at radius 2 is 2.04 bits per heavy atom. The highest BCUT2D eigenvalue weighted by Crippen LogP contribution is 2.16. The summed E-state index contributed by atoms with van der Waals surface area (Å²) >= 11 is 0. The number of benzene rings is 1. The van der Waals surface area contributed by atoms with Crippen LogP contribution in [-0.4, -0.2) is 62.1 Å². The van der Waals surface area contributed by atoms with Crippen LogP contribution >= 0.6 is 0 Å². The zero-order chi connectivity index (χ0) is 16.8. The maximum atomic E-state index is 13.2. The van der Waals surface area contributed by atoms with E-state index in [9.17, 15) is 9.18 Å². The Kier molecular flexibility index (Phi) is 6.36. The van der Waals surface area contributed by atoms with Crippen LogP contribution in [0, 0.1) is 12.7 Å². The first kappa shape index (κ1) is 17.7. The summed E-state index contributed by atoms with van der Waals surface area (Å²) in [5.41, 5.74) is 1.35. The molecular weight excluding hydrogens is 295 g/mol. The van der Waals surface area contributed by atoms with Gasteiger partial charge in [-0.15, -0.1) is 0 Å². The molecule has 0 atom stereocenters. The molecule has 6 heteroatoms. The molecule has 2 N–H and O–H groups in total. The van der Waals surface area contributed by atoms with E-state index in [0.29, 0.717) is 18.3 Å². The SMILES string of the molecule is Cc1ccc(F)cc1NC(=O)NCCN1CCC(N(C)C)CC1. The first-order valence-electron chi connectivity index (χ1n) is 8.15. The number of hydrogen-bond acceptors (Lipinski definition) is 3. The zero-order valence-electron chi connectivity index (χ0n) is 14.2. The van der Waals surface area contributed by atoms with Crippen LogP contribution in [0.1, 0.15) is 18.4 Å². The van der Waals surface area contributed by atoms with E-state index in [1.165, 1.54) is 25.0 Å². The number of nitrogens with one attached hydrogen (secondary N) is 2. The summed E-state index contributed by atoms with van der Waals surface area (Å²) in [7, 11) is 4.25. The van der Waals surface area contributed by atoms with Gasteiger partial charge in [0.2, 0.25) is 0 Å². The highest BCUT2D eigenvalue weighted by atomic mass is 19.1. The number of aryl methyl sites for hydroxylation is 1. The van der Waals surface area contributed by atoms with E-state index in [0.717, 1.165) is 25.2 Å². The predicted molar refractivity (Wildman–Crippen MR) is 91.3 cm³/mol. The van der Waals surface area contributed by atoms with Crippen LogP contribution in [-0.2, 0) is 0 Å². The minimum Gasteiger partial charge on any atom is -0.337 e. The zero-order valence-corrected chi connectivity index (χ0v) is 14.2. The Morgan fingerprint density at radius 3 is 2.70 bits per heavy atom. The molecule has 1 fully saturated rings. The number of piperidine rings is 1. The van der Waals surface area contributed by atoms with E-state index in [1.54, 1.807) is 6.07 Å². The average molecular weight is 322 g/mol. The van der Waals surface area contributed by atoms with E-state index >= 15 is 0 Å². The highest BCUT2D eigenvalue weighted by molar-refractivity contribution is 5.90. The summed E-state index contributed by atoms with van der Waals surface area (Å²) in [6.07, 6.45) is 2.34. The molecule has 23 heavy (non-hydrogen) atoms. The first-order chi connectivity index (χ1) is 11.0. The molecule has 1 aromatic rings. The minimum absolute atomic E-state index is 0.290. The molecule has 1 heterocycles. The van der Waals surface area contributed by atoms with Crippen LogP contribution in [0.4, 0.5) is 14.9 Å². The number of nitrogens with zero attached hydrogens (tertiary/aromatic N) is 2. The average Bonchev–Trinajstić information content (AvgIpc) is 2.51. The van der Waals surface area contributed by atoms with Crippen molar-refractivity contribution in [3.05, 3.63) is 29.6 Å². The van der Waals surface area contributed by atoms with Gasteiger partial charge in [-0.2, -0.15) is 0 Å². The van der Waals surface area contributed by atoms with Crippen molar-refractivity contribution in [3.63, 3.8) is 0 Å². The van der Waals surface area contributed by atoms with Crippen LogP contribution < -0.4 is 10.6 Å². The van der Waals surface area contributed by atoms with Gasteiger partial charge in [-0.05, 0) is 64.6 Å². The number of anilines is 1. The van der Waals surface area contributed by atoms with Crippen LogP contribution in [0.25, 0.3) is 0 Å². The van der Waals surface area contributed by atoms with Gasteiger partial charge in [-0.25, -0.2) is 9.18 Å². The van der Waals surface area contributed by atoms with Crippen LogP contribution in [0.15, 0.2) is 18.2 Å². The summed E-state index contributed by atoms with van der Waals surface area (Å²) in [5.74, 6) is -0.352. The number of likely N-dealkylation sites (tertiary alicyclic amines) is 1. The molecule has 0 saturated carbocycles. The molecule has 0 aromatic heterocycles. The van der Waals surface area contributed by atoms with Gasteiger partial charge >= 0.3 is 6.03 Å². The predicted octanol–water partition coefficient (Wildman–Crippen LogP) is 2.28. The van der Waals surface area contributed by atoms with Crippen LogP contribution in [0.3, 0.4) is 0 Å². The number of amides is 2. The molecule has 0 bridgehead atoms. The highest BCUT2D eigenvalue weighted by Gasteiger charge is 2.20. The molecular formula is C17H27FN4O. The lowest BCUT2D eigenvalue weighted by Crippen LogP contribution is -2.44. The van der Waals surface area contributed by atoms with Crippen molar-refractivity contribution in [2.45, 2.75) is 25.8 Å². The molecule has 1 saturated heterocycles. The van der Waals surface area contributed by atoms with Crippen molar-refractivity contribution in [1.82, 2.24) is 15.1 Å². The maximum absolute atomic E-state index is 13.2. The number of halogens is 1. The molecule has 1 aliphatic heterocycles. The molecule has 5 nitrogen and oxygen atoms in total. The van der Waals surface area contributed by atoms with Crippen molar-refractivity contribution in [2.24, 2.45) is 0 Å². The van der Waals surface area contributed by atoms with Crippen molar-refractivity contribution in [3.8, 4) is 0 Å². The van der Waals surface area contributed by atoms with E-state index in [-0.39, 0.29) is 11.8 Å². The largest absolute Gasteiger partial charge is 0.337 e. The van der Waals surface area contributed by atoms with Crippen molar-refractivity contribution >= 4 is 11.7 Å². The Hall–Kier alpha value is -1.66. The standard InChI is InChI=1S/C17H27FN4O/c1-13-4-5-14(18)12-16(13)20-17(23)19-8-11-22-9-6-15(7-10-22)21(2)3/h4-5,12,15H,6-11H2,1-3H3,(H2,19,20,23). The molecule has 2 rings (SSSR count). The Morgan fingerprint density at radius 1 is 1.35 bits per heavy atom. The second-order valence-electron chi connectivity index (χ2n) is 6.38. The minimum atomic E-state index is -0.352. The fraction of sp³-hybridized carbons (Fsp3) is 0.588. The molecule has 0 unspecified atom stereocenters. The van der Waals surface area contributed by atoms with Gasteiger partial charge < -0.3 is 20.4 Å². The number of carbonyl (C=O) groups is 1. The van der Waals surface area contributed by atoms with Crippen molar-refractivity contribution in [1.29, 1.82) is 0 Å². The third kappa shape index (κ3) is 5.48. The molecule has 1 aromatic carbocycles. The van der Waals surface area contributed by atoms with E-state index in [1.807, 2.05) is 6.92 Å². The number of urea groups is 1. The second-order valence-corrected chi connectivity index (χ2v) is 6.38. The van der Waals surface area contributed by atoms with Crippen molar-refractivity contribution < 1.29 is 9.18 Å². The lowest BCUT2D eigenvalue weighted by Gasteiger charge is -2.35. The quantitative estimate of drug-likeness (QED) is 0.874. The monoisotopic (exact) mass is 322 g/mol. The van der Waals surface area contributed by atoms with Gasteiger partial charge in [0.1, 0.15) is 5.82 Å². The number of hydrogen-bond donors (Lipinski definition) is 2. The summed E-state index contributed by atoms with van der Waals surface area (Å²) in [6.45, 7) is 5.40. The van der Waals surface area contributed by atoms with Crippen molar-refractivity contribution in [2.75, 3.05) is 45.6 Å². The Bertz CT molecular complexity index is 527. The second kappa shape index (κ2) is 8.26. The topological polar surface area (TPSA) is 47.6 Å². The fourth-order valence-electron chi connectivity index (χ4n) is 2.88. The molecule has 0 aliphatic carbocycles. The lowest BCUT2D eigenvalue weighted by molar-refractivity contribution is 0.146. The molecule has 0 radical (unpaired) electrons. The number of carbonyl (C=O) groups excluding carboxylic acids is 1. The fourth-order valence-corrected chi connectivity index (χ4v) is 2.88. The van der Waals surface area contributed by atoms with E-state index in [2.05, 4.69) is 34.5 Å². The molecule has 1 aliphatic rings. The van der Waals surface area contributed by atoms with Gasteiger partial charge in [0.25, 0.3) is 0 Å². The van der Waals surface area contributed by atoms with Gasteiger partial charge in [0.05, 0.1) is 0 Å². The molecule has 2 amide bonds. The van der Waals surface area contributed by atoms with Crippen LogP contribution in [0.2, 0.25) is 0 Å². The third-order valence-electron chi connectivity index (χ3n) is 4.45. The Labute approximate surface area is 137 Å². The maximum Gasteiger partial charge on any atom is 0.319 e. The number of rotatable bonds is 5. The first-order valence-corrected chi connectivity index (χ1v) is 8.15. The van der Waals surface area contributed by atoms with Gasteiger partial charge in [-0.3, -0.25) is 0 Å². The van der Waals surface area contributed by atoms with Gasteiger partial charge in [-0.1, -0.05) is 6.07 Å².